The molecule has 134 valence electrons. The Bertz CT molecular complexity index is 746. The number of piperazine rings is 1. The number of ether oxygens (including phenoxy) is 1. The van der Waals surface area contributed by atoms with Crippen molar-refractivity contribution in [1.29, 1.82) is 0 Å². The van der Waals surface area contributed by atoms with Crippen molar-refractivity contribution < 1.29 is 9.64 Å². The van der Waals surface area contributed by atoms with Crippen molar-refractivity contribution in [3.05, 3.63) is 58.1 Å². The summed E-state index contributed by atoms with van der Waals surface area (Å²) in [5.41, 5.74) is 8.32. The van der Waals surface area contributed by atoms with Gasteiger partial charge in [-0.2, -0.15) is 0 Å². The summed E-state index contributed by atoms with van der Waals surface area (Å²) >= 11 is 0. The molecular formula is C22H31N2O+. The molecule has 1 aliphatic heterocycles. The standard InChI is InChI=1S/C22H30N2O/c1-16-7-6-8-21(17(16)2)24-13-11-23(12-14-24)15-20-9-10-22(25-5)19(4)18(20)3/h6-10H,11-15H2,1-5H3/p+1. The van der Waals surface area contributed by atoms with Crippen molar-refractivity contribution in [1.82, 2.24) is 0 Å². The van der Waals surface area contributed by atoms with Crippen LogP contribution >= 0.6 is 0 Å². The van der Waals surface area contributed by atoms with Gasteiger partial charge in [0, 0.05) is 11.3 Å². The second-order valence-corrected chi connectivity index (χ2v) is 7.31. The van der Waals surface area contributed by atoms with Gasteiger partial charge in [0.25, 0.3) is 0 Å². The fourth-order valence-electron chi connectivity index (χ4n) is 3.85. The van der Waals surface area contributed by atoms with Gasteiger partial charge in [-0.05, 0) is 68.1 Å². The fraction of sp³-hybridized carbons (Fsp3) is 0.455. The van der Waals surface area contributed by atoms with Crippen LogP contribution < -0.4 is 14.5 Å². The Morgan fingerprint density at radius 3 is 2.32 bits per heavy atom. The lowest BCUT2D eigenvalue weighted by Gasteiger charge is -2.35. The van der Waals surface area contributed by atoms with E-state index in [0.29, 0.717) is 0 Å². The molecule has 2 aromatic rings. The molecule has 25 heavy (non-hydrogen) atoms. The van der Waals surface area contributed by atoms with Gasteiger partial charge in [0.15, 0.2) is 0 Å². The van der Waals surface area contributed by atoms with Gasteiger partial charge in [0.2, 0.25) is 0 Å². The molecule has 1 aliphatic rings. The smallest absolute Gasteiger partial charge is 0.122 e. The maximum Gasteiger partial charge on any atom is 0.122 e. The second kappa shape index (κ2) is 7.49. The number of methoxy groups -OCH3 is 1. The van der Waals surface area contributed by atoms with E-state index in [4.69, 9.17) is 4.74 Å². The number of benzene rings is 2. The number of aryl methyl sites for hydroxylation is 1. The third-order valence-electron chi connectivity index (χ3n) is 5.90. The first kappa shape index (κ1) is 17.8. The van der Waals surface area contributed by atoms with Crippen molar-refractivity contribution in [3.63, 3.8) is 0 Å². The highest BCUT2D eigenvalue weighted by Gasteiger charge is 2.22. The SMILES string of the molecule is COc1ccc(C[NH+]2CCN(c3cccc(C)c3C)CC2)c(C)c1C. The minimum Gasteiger partial charge on any atom is -0.496 e. The van der Waals surface area contributed by atoms with Crippen LogP contribution in [-0.4, -0.2) is 33.3 Å². The molecule has 0 spiro atoms. The molecule has 0 bridgehead atoms. The zero-order chi connectivity index (χ0) is 18.0. The van der Waals surface area contributed by atoms with E-state index in [0.717, 1.165) is 25.4 Å². The van der Waals surface area contributed by atoms with Gasteiger partial charge in [0.05, 0.1) is 33.3 Å². The largest absolute Gasteiger partial charge is 0.496 e. The monoisotopic (exact) mass is 339 g/mol. The van der Waals surface area contributed by atoms with Crippen LogP contribution in [0, 0.1) is 27.7 Å². The van der Waals surface area contributed by atoms with Crippen LogP contribution in [0.25, 0.3) is 0 Å². The third-order valence-corrected chi connectivity index (χ3v) is 5.90. The van der Waals surface area contributed by atoms with Gasteiger partial charge >= 0.3 is 0 Å². The van der Waals surface area contributed by atoms with Gasteiger partial charge in [-0.1, -0.05) is 12.1 Å². The Balaban J connectivity index is 1.65. The first-order chi connectivity index (χ1) is 12.0. The molecule has 0 amide bonds. The third kappa shape index (κ3) is 3.67. The van der Waals surface area contributed by atoms with Gasteiger partial charge < -0.3 is 14.5 Å². The molecule has 1 fully saturated rings. The number of rotatable bonds is 4. The van der Waals surface area contributed by atoms with Crippen LogP contribution in [-0.2, 0) is 6.54 Å². The molecule has 3 nitrogen and oxygen atoms in total. The lowest BCUT2D eigenvalue weighted by molar-refractivity contribution is -0.914. The van der Waals surface area contributed by atoms with Crippen LogP contribution in [0.15, 0.2) is 30.3 Å². The quantitative estimate of drug-likeness (QED) is 0.922. The number of hydrogen-bond acceptors (Lipinski definition) is 2. The summed E-state index contributed by atoms with van der Waals surface area (Å²) in [6.45, 7) is 14.6. The van der Waals surface area contributed by atoms with E-state index >= 15 is 0 Å². The van der Waals surface area contributed by atoms with E-state index < -0.39 is 0 Å². The molecule has 3 rings (SSSR count). The van der Waals surface area contributed by atoms with Crippen LogP contribution in [0.2, 0.25) is 0 Å². The first-order valence-corrected chi connectivity index (χ1v) is 9.29. The lowest BCUT2D eigenvalue weighted by atomic mass is 10.0. The van der Waals surface area contributed by atoms with Crippen LogP contribution in [0.3, 0.4) is 0 Å². The second-order valence-electron chi connectivity index (χ2n) is 7.31. The number of nitrogens with zero attached hydrogens (tertiary/aromatic N) is 1. The Kier molecular flexibility index (Phi) is 5.33. The average molecular weight is 340 g/mol. The molecule has 0 saturated carbocycles. The van der Waals surface area contributed by atoms with Crippen molar-refractivity contribution in [2.24, 2.45) is 0 Å². The zero-order valence-corrected chi connectivity index (χ0v) is 16.3. The van der Waals surface area contributed by atoms with E-state index in [9.17, 15) is 0 Å². The van der Waals surface area contributed by atoms with E-state index in [1.54, 1.807) is 12.0 Å². The van der Waals surface area contributed by atoms with Gasteiger partial charge in [0.1, 0.15) is 12.3 Å². The predicted octanol–water partition coefficient (Wildman–Crippen LogP) is 2.83. The maximum atomic E-state index is 5.44. The molecule has 0 radical (unpaired) electrons. The van der Waals surface area contributed by atoms with Crippen molar-refractivity contribution in [3.8, 4) is 5.75 Å². The minimum atomic E-state index is 0.996. The Hall–Kier alpha value is -2.00. The molecule has 3 heteroatoms. The normalized spacial score (nSPS) is 15.5. The summed E-state index contributed by atoms with van der Waals surface area (Å²) in [4.78, 5) is 4.23. The molecule has 1 N–H and O–H groups in total. The van der Waals surface area contributed by atoms with Gasteiger partial charge in [-0.15, -0.1) is 0 Å². The molecule has 0 unspecified atom stereocenters. The van der Waals surface area contributed by atoms with Crippen molar-refractivity contribution >= 4 is 5.69 Å². The number of quaternary nitrogens is 1. The summed E-state index contributed by atoms with van der Waals surface area (Å²) in [6, 6.07) is 11.0. The van der Waals surface area contributed by atoms with E-state index in [1.165, 1.54) is 46.6 Å². The predicted molar refractivity (Wildman–Crippen MR) is 105 cm³/mol. The summed E-state index contributed by atoms with van der Waals surface area (Å²) in [6.07, 6.45) is 0. The molecule has 1 saturated heterocycles. The Morgan fingerprint density at radius 1 is 0.920 bits per heavy atom. The molecule has 0 aliphatic carbocycles. The summed E-state index contributed by atoms with van der Waals surface area (Å²) in [7, 11) is 1.75. The molecule has 2 aromatic carbocycles. The highest BCUT2D eigenvalue weighted by molar-refractivity contribution is 5.56. The summed E-state index contributed by atoms with van der Waals surface area (Å²) < 4.78 is 5.44. The van der Waals surface area contributed by atoms with Gasteiger partial charge in [-0.25, -0.2) is 0 Å². The van der Waals surface area contributed by atoms with Crippen LogP contribution in [0.4, 0.5) is 5.69 Å². The molecule has 0 atom stereocenters. The van der Waals surface area contributed by atoms with E-state index in [1.807, 2.05) is 0 Å². The lowest BCUT2D eigenvalue weighted by Crippen LogP contribution is -3.13. The number of anilines is 1. The summed E-state index contributed by atoms with van der Waals surface area (Å²) in [5.74, 6) is 0.996. The van der Waals surface area contributed by atoms with Crippen molar-refractivity contribution in [2.45, 2.75) is 34.2 Å². The van der Waals surface area contributed by atoms with Crippen LogP contribution in [0.1, 0.15) is 27.8 Å². The Morgan fingerprint density at radius 2 is 1.64 bits per heavy atom. The molecule has 0 aromatic heterocycles. The summed E-state index contributed by atoms with van der Waals surface area (Å²) in [5, 5.41) is 0. The number of nitrogens with one attached hydrogen (secondary N) is 1. The topological polar surface area (TPSA) is 16.9 Å². The fourth-order valence-corrected chi connectivity index (χ4v) is 3.85. The molecule has 1 heterocycles. The highest BCUT2D eigenvalue weighted by Crippen LogP contribution is 2.24. The Labute approximate surface area is 152 Å². The van der Waals surface area contributed by atoms with Crippen molar-refractivity contribution in [2.75, 3.05) is 38.2 Å². The maximum absolute atomic E-state index is 5.44. The highest BCUT2D eigenvalue weighted by atomic mass is 16.5. The minimum absolute atomic E-state index is 0.996. The van der Waals surface area contributed by atoms with E-state index in [-0.39, 0.29) is 0 Å². The molecular weight excluding hydrogens is 308 g/mol. The average Bonchev–Trinajstić information content (AvgIpc) is 2.62. The van der Waals surface area contributed by atoms with Crippen LogP contribution in [0.5, 0.6) is 5.75 Å². The van der Waals surface area contributed by atoms with Gasteiger partial charge in [-0.3, -0.25) is 0 Å². The zero-order valence-electron chi connectivity index (χ0n) is 16.3. The first-order valence-electron chi connectivity index (χ1n) is 9.29. The number of hydrogen-bond donors (Lipinski definition) is 1. The van der Waals surface area contributed by atoms with E-state index in [2.05, 4.69) is 62.9 Å².